The van der Waals surface area contributed by atoms with Gasteiger partial charge in [-0.1, -0.05) is 58.1 Å². The Morgan fingerprint density at radius 2 is 1.49 bits per heavy atom. The molecule has 1 heterocycles. The van der Waals surface area contributed by atoms with Crippen LogP contribution in [-0.4, -0.2) is 22.8 Å². The first-order valence-electron chi connectivity index (χ1n) is 16.6. The van der Waals surface area contributed by atoms with Crippen molar-refractivity contribution in [2.75, 3.05) is 0 Å². The lowest BCUT2D eigenvalue weighted by atomic mass is 9.49. The average Bonchev–Trinajstić information content (AvgIpc) is 2.90. The van der Waals surface area contributed by atoms with Gasteiger partial charge >= 0.3 is 0 Å². The standard InChI is InChI=1S/C24H36O2.C12H23N/c1-8-9-10-11-18-14-19-20(21(25)17(18)3)23(6)15-16(2)12-13-24(23,7)22(4,5)26-19;1-3-7-11(8-4-1)13-12-9-5-2-6-10-12/h14-15,25H,8-13H2,1-7H3;11-13H,1-10H2/p+1/t23-,24-;/m0./s1. The van der Waals surface area contributed by atoms with Crippen LogP contribution >= 0.6 is 0 Å². The van der Waals surface area contributed by atoms with E-state index in [1.165, 1.54) is 88.2 Å². The van der Waals surface area contributed by atoms with Gasteiger partial charge in [-0.15, -0.1) is 0 Å². The van der Waals surface area contributed by atoms with E-state index in [1.54, 1.807) is 0 Å². The molecule has 0 radical (unpaired) electrons. The van der Waals surface area contributed by atoms with Crippen LogP contribution in [0.2, 0.25) is 0 Å². The molecular weight excluding hydrogens is 478 g/mol. The maximum atomic E-state index is 11.2. The molecule has 1 aliphatic heterocycles. The summed E-state index contributed by atoms with van der Waals surface area (Å²) in [5.41, 5.74) is 4.11. The zero-order valence-electron chi connectivity index (χ0n) is 26.6. The Labute approximate surface area is 240 Å². The lowest BCUT2D eigenvalue weighted by Gasteiger charge is -2.60. The molecule has 0 saturated heterocycles. The fourth-order valence-electron chi connectivity index (χ4n) is 8.33. The van der Waals surface area contributed by atoms with Crippen molar-refractivity contribution in [3.05, 3.63) is 34.4 Å². The number of ether oxygens (including phenoxy) is 1. The van der Waals surface area contributed by atoms with Gasteiger partial charge in [0.1, 0.15) is 17.1 Å². The van der Waals surface area contributed by atoms with E-state index in [4.69, 9.17) is 4.74 Å². The van der Waals surface area contributed by atoms with Gasteiger partial charge in [0.2, 0.25) is 0 Å². The van der Waals surface area contributed by atoms with Crippen LogP contribution in [0.3, 0.4) is 0 Å². The minimum absolute atomic E-state index is 0.0554. The number of unbranched alkanes of at least 4 members (excludes halogenated alkanes) is 2. The van der Waals surface area contributed by atoms with Crippen molar-refractivity contribution in [1.82, 2.24) is 0 Å². The Morgan fingerprint density at radius 3 is 2.05 bits per heavy atom. The van der Waals surface area contributed by atoms with Crippen molar-refractivity contribution in [2.45, 2.75) is 174 Å². The highest BCUT2D eigenvalue weighted by molar-refractivity contribution is 5.61. The number of hydrogen-bond donors (Lipinski definition) is 2. The van der Waals surface area contributed by atoms with E-state index in [-0.39, 0.29) is 16.4 Å². The molecule has 2 saturated carbocycles. The molecule has 3 aliphatic carbocycles. The number of aryl methyl sites for hydroxylation is 1. The van der Waals surface area contributed by atoms with Gasteiger partial charge < -0.3 is 15.2 Å². The lowest BCUT2D eigenvalue weighted by Crippen LogP contribution is -2.95. The van der Waals surface area contributed by atoms with Crippen molar-refractivity contribution in [3.8, 4) is 11.5 Å². The van der Waals surface area contributed by atoms with Crippen LogP contribution in [0.15, 0.2) is 17.7 Å². The zero-order chi connectivity index (χ0) is 28.3. The molecule has 3 N–H and O–H groups in total. The summed E-state index contributed by atoms with van der Waals surface area (Å²) in [6.07, 6.45) is 24.1. The molecule has 0 aromatic heterocycles. The number of phenolic OH excluding ortho intramolecular Hbond substituents is 1. The average molecular weight is 539 g/mol. The van der Waals surface area contributed by atoms with Gasteiger partial charge in [-0.25, -0.2) is 0 Å². The number of hydrogen-bond acceptors (Lipinski definition) is 2. The smallest absolute Gasteiger partial charge is 0.128 e. The van der Waals surface area contributed by atoms with Crippen LogP contribution in [0.5, 0.6) is 11.5 Å². The first kappa shape index (κ1) is 30.5. The van der Waals surface area contributed by atoms with Gasteiger partial charge in [-0.3, -0.25) is 0 Å². The molecule has 2 atom stereocenters. The van der Waals surface area contributed by atoms with Crippen LogP contribution in [0.1, 0.15) is 155 Å². The van der Waals surface area contributed by atoms with E-state index in [1.807, 2.05) is 0 Å². The fourth-order valence-corrected chi connectivity index (χ4v) is 8.33. The summed E-state index contributed by atoms with van der Waals surface area (Å²) < 4.78 is 6.59. The molecule has 220 valence electrons. The van der Waals surface area contributed by atoms with Crippen molar-refractivity contribution in [2.24, 2.45) is 5.41 Å². The summed E-state index contributed by atoms with van der Waals surface area (Å²) in [6.45, 7) is 15.6. The fraction of sp³-hybridized carbons (Fsp3) is 0.778. The molecule has 3 nitrogen and oxygen atoms in total. The quantitative estimate of drug-likeness (QED) is 0.281. The number of fused-ring (bicyclic) bond motifs is 3. The summed E-state index contributed by atoms with van der Waals surface area (Å²) in [4.78, 5) is 0. The van der Waals surface area contributed by atoms with Gasteiger partial charge in [-0.2, -0.15) is 0 Å². The summed E-state index contributed by atoms with van der Waals surface area (Å²) in [5.74, 6) is 1.33. The van der Waals surface area contributed by atoms with Crippen LogP contribution in [0.4, 0.5) is 0 Å². The topological polar surface area (TPSA) is 46.1 Å². The molecule has 39 heavy (non-hydrogen) atoms. The van der Waals surface area contributed by atoms with E-state index in [9.17, 15) is 5.11 Å². The summed E-state index contributed by atoms with van der Waals surface area (Å²) >= 11 is 0. The van der Waals surface area contributed by atoms with Crippen molar-refractivity contribution < 1.29 is 15.2 Å². The lowest BCUT2D eigenvalue weighted by molar-refractivity contribution is -0.725. The highest BCUT2D eigenvalue weighted by Gasteiger charge is 2.61. The molecule has 1 aromatic rings. The van der Waals surface area contributed by atoms with Gasteiger partial charge in [0.25, 0.3) is 0 Å². The second-order valence-electron chi connectivity index (χ2n) is 14.5. The second-order valence-corrected chi connectivity index (χ2v) is 14.5. The Bertz CT molecular complexity index is 982. The third kappa shape index (κ3) is 6.24. The first-order valence-corrected chi connectivity index (χ1v) is 16.6. The van der Waals surface area contributed by atoms with Crippen LogP contribution in [0.25, 0.3) is 0 Å². The number of allylic oxidation sites excluding steroid dienone is 2. The minimum Gasteiger partial charge on any atom is -0.507 e. The maximum Gasteiger partial charge on any atom is 0.128 e. The highest BCUT2D eigenvalue weighted by atomic mass is 16.5. The van der Waals surface area contributed by atoms with Crippen LogP contribution in [0, 0.1) is 12.3 Å². The zero-order valence-corrected chi connectivity index (χ0v) is 26.6. The van der Waals surface area contributed by atoms with Crippen molar-refractivity contribution >= 4 is 0 Å². The molecular formula is C36H60NO2+. The van der Waals surface area contributed by atoms with E-state index >= 15 is 0 Å². The van der Waals surface area contributed by atoms with E-state index in [0.29, 0.717) is 5.75 Å². The van der Waals surface area contributed by atoms with E-state index in [2.05, 4.69) is 65.9 Å². The Hall–Kier alpha value is -1.48. The number of rotatable bonds is 6. The van der Waals surface area contributed by atoms with Crippen LogP contribution < -0.4 is 10.1 Å². The molecule has 4 aliphatic rings. The number of quaternary nitrogens is 1. The molecule has 0 unspecified atom stereocenters. The number of nitrogens with two attached hydrogens (primary N) is 1. The first-order chi connectivity index (χ1) is 18.5. The van der Waals surface area contributed by atoms with E-state index in [0.717, 1.165) is 54.6 Å². The molecule has 3 heteroatoms. The molecule has 2 fully saturated rings. The Morgan fingerprint density at radius 1 is 0.897 bits per heavy atom. The monoisotopic (exact) mass is 538 g/mol. The van der Waals surface area contributed by atoms with Gasteiger partial charge in [0, 0.05) is 16.4 Å². The largest absolute Gasteiger partial charge is 0.507 e. The van der Waals surface area contributed by atoms with Crippen LogP contribution in [-0.2, 0) is 11.8 Å². The van der Waals surface area contributed by atoms with Crippen molar-refractivity contribution in [1.29, 1.82) is 0 Å². The summed E-state index contributed by atoms with van der Waals surface area (Å²) in [6, 6.07) is 4.21. The third-order valence-corrected chi connectivity index (χ3v) is 11.4. The molecule has 0 bridgehead atoms. The molecule has 5 rings (SSSR count). The van der Waals surface area contributed by atoms with Gasteiger partial charge in [-0.05, 0) is 122 Å². The minimum atomic E-state index is -0.283. The predicted molar refractivity (Wildman–Crippen MR) is 165 cm³/mol. The Balaban J connectivity index is 0.000000226. The molecule has 1 aromatic carbocycles. The number of aromatic hydroxyl groups is 1. The highest BCUT2D eigenvalue weighted by Crippen LogP contribution is 2.64. The van der Waals surface area contributed by atoms with Crippen molar-refractivity contribution in [3.63, 3.8) is 0 Å². The summed E-state index contributed by atoms with van der Waals surface area (Å²) in [5, 5.41) is 14.0. The predicted octanol–water partition coefficient (Wildman–Crippen LogP) is 8.82. The SMILES string of the molecule is C1CCC([NH2+]C2CCCCC2)CC1.CCCCCc1cc2c(c(O)c1C)[C@]1(C)C=C(C)CC[C@@]1(C)C(C)(C)O2. The summed E-state index contributed by atoms with van der Waals surface area (Å²) in [7, 11) is 0. The maximum absolute atomic E-state index is 11.2. The van der Waals surface area contributed by atoms with Gasteiger partial charge in [0.05, 0.1) is 12.1 Å². The molecule has 0 spiro atoms. The van der Waals surface area contributed by atoms with E-state index < -0.39 is 0 Å². The second kappa shape index (κ2) is 12.6. The van der Waals surface area contributed by atoms with Gasteiger partial charge in [0.15, 0.2) is 0 Å². The number of phenols is 1. The normalized spacial score (nSPS) is 28.8. The number of benzene rings is 1. The molecule has 0 amide bonds. The third-order valence-electron chi connectivity index (χ3n) is 11.4. The Kier molecular flexibility index (Phi) is 9.83.